The number of nitrogens with one attached hydrogen (secondary N) is 1. The van der Waals surface area contributed by atoms with Gasteiger partial charge in [-0.05, 0) is 49.1 Å². The van der Waals surface area contributed by atoms with Gasteiger partial charge >= 0.3 is 0 Å². The predicted molar refractivity (Wildman–Crippen MR) is 113 cm³/mol. The van der Waals surface area contributed by atoms with Crippen molar-refractivity contribution in [3.63, 3.8) is 0 Å². The van der Waals surface area contributed by atoms with E-state index in [1.165, 1.54) is 4.90 Å². The highest BCUT2D eigenvalue weighted by molar-refractivity contribution is 5.95. The molecule has 6 nitrogen and oxygen atoms in total. The van der Waals surface area contributed by atoms with Gasteiger partial charge in [0, 0.05) is 19.2 Å². The number of para-hydroxylation sites is 1. The molecule has 0 heterocycles. The van der Waals surface area contributed by atoms with Gasteiger partial charge < -0.3 is 19.7 Å². The van der Waals surface area contributed by atoms with E-state index in [0.717, 1.165) is 23.2 Å². The lowest BCUT2D eigenvalue weighted by Crippen LogP contribution is -2.37. The van der Waals surface area contributed by atoms with Gasteiger partial charge in [-0.2, -0.15) is 0 Å². The number of likely N-dealkylation sites (N-methyl/N-ethyl adjacent to an activating group) is 1. The van der Waals surface area contributed by atoms with E-state index in [4.69, 9.17) is 4.74 Å². The Kier molecular flexibility index (Phi) is 8.40. The number of amides is 2. The second-order valence-electron chi connectivity index (χ2n) is 6.94. The first kappa shape index (κ1) is 22.1. The minimum absolute atomic E-state index is 0.0514. The van der Waals surface area contributed by atoms with Crippen molar-refractivity contribution in [2.75, 3.05) is 25.5 Å². The molecule has 0 saturated carbocycles. The summed E-state index contributed by atoms with van der Waals surface area (Å²) in [6.45, 7) is 3.39. The number of ether oxygens (including phenoxy) is 1. The fourth-order valence-electron chi connectivity index (χ4n) is 2.77. The molecule has 0 fully saturated rings. The molecule has 0 bridgehead atoms. The maximum absolute atomic E-state index is 12.3. The van der Waals surface area contributed by atoms with Gasteiger partial charge in [-0.3, -0.25) is 9.59 Å². The number of anilines is 1. The number of nitrogens with zero attached hydrogens (tertiary/aromatic N) is 1. The van der Waals surface area contributed by atoms with Crippen molar-refractivity contribution in [3.05, 3.63) is 59.7 Å². The normalized spacial score (nSPS) is 10.3. The lowest BCUT2D eigenvalue weighted by Gasteiger charge is -2.18. The molecule has 29 heavy (non-hydrogen) atoms. The second kappa shape index (κ2) is 11.0. The third-order valence-corrected chi connectivity index (χ3v) is 4.53. The van der Waals surface area contributed by atoms with E-state index in [1.54, 1.807) is 26.1 Å². The summed E-state index contributed by atoms with van der Waals surface area (Å²) in [6.07, 6.45) is 2.01. The molecule has 2 amide bonds. The van der Waals surface area contributed by atoms with E-state index in [0.29, 0.717) is 18.6 Å². The molecule has 2 aromatic carbocycles. The lowest BCUT2D eigenvalue weighted by atomic mass is 10.1. The molecular formula is C23H28N2O4. The molecule has 0 unspecified atom stereocenters. The summed E-state index contributed by atoms with van der Waals surface area (Å²) in [5.41, 5.74) is 2.85. The molecule has 0 aliphatic heterocycles. The van der Waals surface area contributed by atoms with Crippen LogP contribution in [0.3, 0.4) is 0 Å². The minimum atomic E-state index is -0.287. The first-order valence-corrected chi connectivity index (χ1v) is 9.72. The number of hydrogen-bond donors (Lipinski definition) is 1. The van der Waals surface area contributed by atoms with Crippen molar-refractivity contribution in [1.82, 2.24) is 4.90 Å². The SMILES string of the molecule is CCc1ccccc1NC(=O)CN(C)C(=O)COc1ccc(CCC(C)=O)cc1. The van der Waals surface area contributed by atoms with Crippen LogP contribution in [-0.2, 0) is 27.2 Å². The van der Waals surface area contributed by atoms with E-state index < -0.39 is 0 Å². The first-order chi connectivity index (χ1) is 13.9. The third kappa shape index (κ3) is 7.41. The van der Waals surface area contributed by atoms with Crippen molar-refractivity contribution >= 4 is 23.3 Å². The van der Waals surface area contributed by atoms with Crippen molar-refractivity contribution in [2.24, 2.45) is 0 Å². The highest BCUT2D eigenvalue weighted by Crippen LogP contribution is 2.16. The van der Waals surface area contributed by atoms with Crippen molar-refractivity contribution in [3.8, 4) is 5.75 Å². The van der Waals surface area contributed by atoms with Gasteiger partial charge in [0.25, 0.3) is 5.91 Å². The monoisotopic (exact) mass is 396 g/mol. The zero-order chi connectivity index (χ0) is 21.2. The molecule has 0 aliphatic rings. The van der Waals surface area contributed by atoms with Gasteiger partial charge in [0.2, 0.25) is 5.91 Å². The quantitative estimate of drug-likeness (QED) is 0.669. The standard InChI is InChI=1S/C23H28N2O4/c1-4-19-7-5-6-8-21(19)24-22(27)15-25(3)23(28)16-29-20-13-11-18(12-14-20)10-9-17(2)26/h5-8,11-14H,4,9-10,15-16H2,1-3H3,(H,24,27). The largest absolute Gasteiger partial charge is 0.484 e. The zero-order valence-corrected chi connectivity index (χ0v) is 17.2. The third-order valence-electron chi connectivity index (χ3n) is 4.53. The van der Waals surface area contributed by atoms with Crippen LogP contribution in [0, 0.1) is 0 Å². The Morgan fingerprint density at radius 2 is 1.72 bits per heavy atom. The maximum Gasteiger partial charge on any atom is 0.260 e. The number of carbonyl (C=O) groups excluding carboxylic acids is 3. The zero-order valence-electron chi connectivity index (χ0n) is 17.2. The van der Waals surface area contributed by atoms with Crippen LogP contribution in [0.2, 0.25) is 0 Å². The molecule has 154 valence electrons. The van der Waals surface area contributed by atoms with Gasteiger partial charge in [0.05, 0.1) is 6.54 Å². The fourth-order valence-corrected chi connectivity index (χ4v) is 2.77. The van der Waals surface area contributed by atoms with Gasteiger partial charge in [-0.25, -0.2) is 0 Å². The Balaban J connectivity index is 1.79. The number of hydrogen-bond acceptors (Lipinski definition) is 4. The van der Waals surface area contributed by atoms with E-state index >= 15 is 0 Å². The molecule has 0 saturated heterocycles. The maximum atomic E-state index is 12.3. The average molecular weight is 396 g/mol. The molecule has 0 aliphatic carbocycles. The second-order valence-corrected chi connectivity index (χ2v) is 6.94. The Morgan fingerprint density at radius 1 is 1.03 bits per heavy atom. The molecule has 0 spiro atoms. The molecule has 6 heteroatoms. The van der Waals surface area contributed by atoms with Gasteiger partial charge in [-0.15, -0.1) is 0 Å². The van der Waals surface area contributed by atoms with E-state index in [-0.39, 0.29) is 30.7 Å². The number of carbonyl (C=O) groups is 3. The lowest BCUT2D eigenvalue weighted by molar-refractivity contribution is -0.135. The van der Waals surface area contributed by atoms with Crippen LogP contribution in [0.5, 0.6) is 5.75 Å². The van der Waals surface area contributed by atoms with E-state index in [9.17, 15) is 14.4 Å². The van der Waals surface area contributed by atoms with E-state index in [1.807, 2.05) is 43.3 Å². The number of Topliss-reactive ketones (excluding diaryl/α,β-unsaturated/α-hetero) is 1. The Labute approximate surface area is 171 Å². The van der Waals surface area contributed by atoms with Crippen LogP contribution in [-0.4, -0.2) is 42.7 Å². The first-order valence-electron chi connectivity index (χ1n) is 9.72. The summed E-state index contributed by atoms with van der Waals surface area (Å²) in [6, 6.07) is 14.9. The molecular weight excluding hydrogens is 368 g/mol. The summed E-state index contributed by atoms with van der Waals surface area (Å²) in [7, 11) is 1.57. The topological polar surface area (TPSA) is 75.7 Å². The predicted octanol–water partition coefficient (Wildman–Crippen LogP) is 3.25. The summed E-state index contributed by atoms with van der Waals surface area (Å²) >= 11 is 0. The number of aryl methyl sites for hydroxylation is 2. The number of rotatable bonds is 10. The summed E-state index contributed by atoms with van der Waals surface area (Å²) in [5, 5.41) is 2.85. The Morgan fingerprint density at radius 3 is 2.38 bits per heavy atom. The van der Waals surface area contributed by atoms with Crippen molar-refractivity contribution < 1.29 is 19.1 Å². The van der Waals surface area contributed by atoms with Crippen LogP contribution >= 0.6 is 0 Å². The molecule has 1 N–H and O–H groups in total. The average Bonchev–Trinajstić information content (AvgIpc) is 2.71. The van der Waals surface area contributed by atoms with Gasteiger partial charge in [-0.1, -0.05) is 37.3 Å². The molecule has 0 atom stereocenters. The number of ketones is 1. The smallest absolute Gasteiger partial charge is 0.260 e. The molecule has 0 aromatic heterocycles. The summed E-state index contributed by atoms with van der Waals surface area (Å²) in [5.74, 6) is 0.182. The highest BCUT2D eigenvalue weighted by atomic mass is 16.5. The van der Waals surface area contributed by atoms with Crippen LogP contribution in [0.25, 0.3) is 0 Å². The number of benzene rings is 2. The van der Waals surface area contributed by atoms with Crippen molar-refractivity contribution in [1.29, 1.82) is 0 Å². The summed E-state index contributed by atoms with van der Waals surface area (Å²) in [4.78, 5) is 36.9. The highest BCUT2D eigenvalue weighted by Gasteiger charge is 2.14. The van der Waals surface area contributed by atoms with Gasteiger partial charge in [0.1, 0.15) is 11.5 Å². The van der Waals surface area contributed by atoms with Crippen LogP contribution in [0.15, 0.2) is 48.5 Å². The van der Waals surface area contributed by atoms with Crippen LogP contribution in [0.4, 0.5) is 5.69 Å². The molecule has 0 radical (unpaired) electrons. The van der Waals surface area contributed by atoms with Crippen LogP contribution < -0.4 is 10.1 Å². The van der Waals surface area contributed by atoms with Gasteiger partial charge in [0.15, 0.2) is 6.61 Å². The fraction of sp³-hybridized carbons (Fsp3) is 0.348. The van der Waals surface area contributed by atoms with E-state index in [2.05, 4.69) is 5.32 Å². The van der Waals surface area contributed by atoms with Crippen molar-refractivity contribution in [2.45, 2.75) is 33.1 Å². The molecule has 2 rings (SSSR count). The Hall–Kier alpha value is -3.15. The minimum Gasteiger partial charge on any atom is -0.484 e. The summed E-state index contributed by atoms with van der Waals surface area (Å²) < 4.78 is 5.52. The Bertz CT molecular complexity index is 846. The molecule has 2 aromatic rings. The van der Waals surface area contributed by atoms with Crippen LogP contribution in [0.1, 0.15) is 31.4 Å².